The van der Waals surface area contributed by atoms with Crippen LogP contribution in [0, 0.1) is 23.0 Å². The lowest BCUT2D eigenvalue weighted by atomic mass is 9.82. The zero-order valence-corrected chi connectivity index (χ0v) is 48.0. The third-order valence-electron chi connectivity index (χ3n) is 13.4. The average molecular weight is 1210 g/mol. The van der Waals surface area contributed by atoms with Crippen molar-refractivity contribution in [1.82, 2.24) is 41.0 Å². The van der Waals surface area contributed by atoms with Gasteiger partial charge in [-0.05, 0) is 92.5 Å². The highest BCUT2D eigenvalue weighted by molar-refractivity contribution is 6.12. The molecule has 2 heterocycles. The van der Waals surface area contributed by atoms with Crippen molar-refractivity contribution in [2.75, 3.05) is 32.8 Å². The van der Waals surface area contributed by atoms with Gasteiger partial charge in [-0.15, -0.1) is 0 Å². The van der Waals surface area contributed by atoms with Gasteiger partial charge in [0.1, 0.15) is 36.4 Å². The SMILES string of the molecule is CC(C)[C@H](NC(=O)CCCCCN1C(=O)C=CC1=O)C(=O)N[C@@H](CCCNC(N)=O)C(=O)N[C@@H](CCCCNC(=O)[C@@H](N)CCN(C(=O)CO)[C@@H](c1cc(-c2cc(F)ccc2F)cn1Cc1ccccc1)C(C)(C)C)C(=O)O.O=C(O)C(F)(F)F. The van der Waals surface area contributed by atoms with Crippen molar-refractivity contribution in [1.29, 1.82) is 0 Å². The first-order valence-electron chi connectivity index (χ1n) is 27.5. The van der Waals surface area contributed by atoms with E-state index in [1.165, 1.54) is 17.1 Å². The largest absolute Gasteiger partial charge is 0.490 e. The van der Waals surface area contributed by atoms with Crippen LogP contribution in [0.3, 0.4) is 0 Å². The van der Waals surface area contributed by atoms with E-state index in [-0.39, 0.29) is 76.7 Å². The Morgan fingerprint density at radius 1 is 0.729 bits per heavy atom. The van der Waals surface area contributed by atoms with E-state index in [0.29, 0.717) is 37.1 Å². The van der Waals surface area contributed by atoms with Gasteiger partial charge in [-0.3, -0.25) is 38.5 Å². The monoisotopic (exact) mass is 1200 g/mol. The summed E-state index contributed by atoms with van der Waals surface area (Å²) in [5, 5.41) is 40.3. The molecular formula is C57H77F5N10O13. The lowest BCUT2D eigenvalue weighted by Gasteiger charge is -2.41. The standard InChI is InChI=1S/C55H76F2N10O11.C2HF3O2/c1-34(2)48(64-44(69)19-10-7-13-27-66-45(70)22-23-46(66)71)52(75)62-41(18-14-26-61-54(59)78)51(74)63-42(53(76)77)17-11-12-25-60-50(73)40(58)24-28-67(47(72)33-68)49(55(3,4)5)43-29-36(38-30-37(56)20-21-39(38)57)32-65(43)31-35-15-8-6-9-16-35;3-2(4,5)1(6)7/h6,8-9,15-16,20-23,29-30,32,34,40-42,48-49,68H,7,10-14,17-19,24-28,31,33,58H2,1-5H3,(H,60,73)(H,62,75)(H,63,74)(H,64,69)(H,76,77)(H3,59,61,78);(H,6,7)/t40-,41-,42-,48-,49-;/m0./s1. The number of primary amides is 1. The number of carbonyl (C=O) groups is 10. The summed E-state index contributed by atoms with van der Waals surface area (Å²) in [7, 11) is 0. The van der Waals surface area contributed by atoms with Crippen molar-refractivity contribution < 1.29 is 85.2 Å². The first kappa shape index (κ1) is 71.0. The summed E-state index contributed by atoms with van der Waals surface area (Å²) in [4.78, 5) is 126. The number of carbonyl (C=O) groups excluding carboxylic acids is 8. The van der Waals surface area contributed by atoms with E-state index in [4.69, 9.17) is 21.4 Å². The molecule has 1 aromatic heterocycles. The molecule has 0 unspecified atom stereocenters. The molecule has 28 heteroatoms. The fraction of sp³-hybridized carbons (Fsp3) is 0.509. The van der Waals surface area contributed by atoms with Crippen molar-refractivity contribution in [3.63, 3.8) is 0 Å². The van der Waals surface area contributed by atoms with Crippen LogP contribution in [0.4, 0.5) is 26.7 Å². The van der Waals surface area contributed by atoms with Crippen molar-refractivity contribution in [3.05, 3.63) is 95.8 Å². The Hall–Kier alpha value is -8.27. The smallest absolute Gasteiger partial charge is 0.480 e. The van der Waals surface area contributed by atoms with Crippen LogP contribution in [-0.4, -0.2) is 152 Å². The molecule has 468 valence electrons. The summed E-state index contributed by atoms with van der Waals surface area (Å²) >= 11 is 0. The predicted octanol–water partition coefficient (Wildman–Crippen LogP) is 4.16. The number of rotatable bonds is 32. The number of nitrogens with two attached hydrogens (primary N) is 2. The molecule has 0 spiro atoms. The molecule has 3 aromatic rings. The summed E-state index contributed by atoms with van der Waals surface area (Å²) < 4.78 is 63.2. The van der Waals surface area contributed by atoms with Crippen LogP contribution in [0.1, 0.15) is 116 Å². The van der Waals surface area contributed by atoms with Gasteiger partial charge in [0.2, 0.25) is 29.5 Å². The lowest BCUT2D eigenvalue weighted by Crippen LogP contribution is -2.57. The number of amides is 9. The first-order valence-corrected chi connectivity index (χ1v) is 27.5. The summed E-state index contributed by atoms with van der Waals surface area (Å²) in [5.74, 6) is -9.82. The molecule has 9 amide bonds. The minimum Gasteiger partial charge on any atom is -0.480 e. The molecule has 1 aliphatic rings. The number of aliphatic hydroxyl groups excluding tert-OH is 1. The normalized spacial score (nSPS) is 14.1. The van der Waals surface area contributed by atoms with Crippen LogP contribution in [0.25, 0.3) is 11.1 Å². The second kappa shape index (κ2) is 33.9. The van der Waals surface area contributed by atoms with E-state index in [0.717, 1.165) is 28.7 Å². The third-order valence-corrected chi connectivity index (χ3v) is 13.4. The predicted molar refractivity (Wildman–Crippen MR) is 299 cm³/mol. The Bertz CT molecular complexity index is 2810. The third kappa shape index (κ3) is 23.7. The Morgan fingerprint density at radius 3 is 1.92 bits per heavy atom. The highest BCUT2D eigenvalue weighted by Crippen LogP contribution is 2.41. The van der Waals surface area contributed by atoms with Crippen LogP contribution in [0.15, 0.2) is 72.9 Å². The molecule has 4 rings (SSSR count). The van der Waals surface area contributed by atoms with Crippen molar-refractivity contribution in [2.24, 2.45) is 22.8 Å². The van der Waals surface area contributed by atoms with Crippen LogP contribution in [-0.2, 0) is 49.7 Å². The van der Waals surface area contributed by atoms with Gasteiger partial charge in [-0.2, -0.15) is 13.2 Å². The fourth-order valence-electron chi connectivity index (χ4n) is 9.07. The van der Waals surface area contributed by atoms with Crippen LogP contribution < -0.4 is 38.1 Å². The van der Waals surface area contributed by atoms with Gasteiger partial charge in [0.25, 0.3) is 11.8 Å². The summed E-state index contributed by atoms with van der Waals surface area (Å²) in [6, 6.07) is 7.74. The first-order chi connectivity index (χ1) is 39.8. The Kier molecular flexibility index (Phi) is 28.3. The molecule has 5 atom stereocenters. The summed E-state index contributed by atoms with van der Waals surface area (Å²) in [5.41, 5.74) is 12.7. The van der Waals surface area contributed by atoms with E-state index in [2.05, 4.69) is 26.6 Å². The second-order valence-corrected chi connectivity index (χ2v) is 21.5. The molecule has 0 bridgehead atoms. The molecular weight excluding hydrogens is 1130 g/mol. The maximum atomic E-state index is 15.2. The second-order valence-electron chi connectivity index (χ2n) is 21.5. The van der Waals surface area contributed by atoms with Crippen molar-refractivity contribution >= 4 is 59.3 Å². The molecule has 85 heavy (non-hydrogen) atoms. The van der Waals surface area contributed by atoms with Crippen LogP contribution >= 0.6 is 0 Å². The van der Waals surface area contributed by atoms with Gasteiger partial charge in [0, 0.05) is 74.3 Å². The number of hydrogen-bond donors (Lipinski definition) is 10. The quantitative estimate of drug-likeness (QED) is 0.0239. The topological polar surface area (TPSA) is 355 Å². The molecule has 1 aliphatic heterocycles. The lowest BCUT2D eigenvalue weighted by molar-refractivity contribution is -0.192. The summed E-state index contributed by atoms with van der Waals surface area (Å²) in [6.07, 6.45) is 0.894. The van der Waals surface area contributed by atoms with E-state index in [1.54, 1.807) is 26.1 Å². The number of aliphatic hydroxyl groups is 1. The number of benzene rings is 2. The van der Waals surface area contributed by atoms with E-state index >= 15 is 4.39 Å². The minimum atomic E-state index is -5.08. The van der Waals surface area contributed by atoms with Gasteiger partial charge >= 0.3 is 24.1 Å². The maximum absolute atomic E-state index is 15.2. The Labute approximate surface area is 488 Å². The fourth-order valence-corrected chi connectivity index (χ4v) is 9.07. The van der Waals surface area contributed by atoms with Gasteiger partial charge in [-0.25, -0.2) is 23.2 Å². The zero-order chi connectivity index (χ0) is 63.8. The molecule has 23 nitrogen and oxygen atoms in total. The number of imide groups is 1. The Morgan fingerprint density at radius 2 is 1.34 bits per heavy atom. The highest BCUT2D eigenvalue weighted by atomic mass is 19.4. The van der Waals surface area contributed by atoms with Gasteiger partial charge < -0.3 is 62.8 Å². The number of unbranched alkanes of at least 4 members (excludes halogenated alkanes) is 3. The van der Waals surface area contributed by atoms with Gasteiger partial charge in [0.05, 0.1) is 12.1 Å². The molecule has 0 saturated carbocycles. The van der Waals surface area contributed by atoms with E-state index < -0.39 is 125 Å². The van der Waals surface area contributed by atoms with Crippen molar-refractivity contribution in [3.8, 4) is 11.1 Å². The number of carboxylic acid groups (broad SMARTS) is 2. The number of aromatic nitrogens is 1. The minimum absolute atomic E-state index is 0.0188. The number of hydrogen-bond acceptors (Lipinski definition) is 12. The molecule has 12 N–H and O–H groups in total. The number of carboxylic acids is 2. The van der Waals surface area contributed by atoms with E-state index in [9.17, 15) is 70.9 Å². The van der Waals surface area contributed by atoms with Crippen LogP contribution in [0.5, 0.6) is 0 Å². The number of nitrogens with zero attached hydrogens (tertiary/aromatic N) is 3. The zero-order valence-electron chi connectivity index (χ0n) is 48.0. The van der Waals surface area contributed by atoms with Gasteiger partial charge in [0.15, 0.2) is 0 Å². The maximum Gasteiger partial charge on any atom is 0.490 e. The molecule has 0 fully saturated rings. The summed E-state index contributed by atoms with van der Waals surface area (Å²) in [6.45, 7) is 8.72. The molecule has 2 aromatic carbocycles. The number of aliphatic carboxylic acids is 2. The van der Waals surface area contributed by atoms with Gasteiger partial charge in [-0.1, -0.05) is 71.4 Å². The Balaban J connectivity index is 0.00000253. The molecule has 0 saturated heterocycles. The number of alkyl halides is 3. The van der Waals surface area contributed by atoms with Crippen molar-refractivity contribution in [2.45, 2.75) is 142 Å². The molecule has 0 radical (unpaired) electrons. The molecule has 0 aliphatic carbocycles. The highest BCUT2D eigenvalue weighted by Gasteiger charge is 2.39. The van der Waals surface area contributed by atoms with E-state index in [1.807, 2.05) is 55.7 Å². The number of urea groups is 1. The number of halogens is 5. The number of nitrogens with one attached hydrogen (secondary N) is 5. The van der Waals surface area contributed by atoms with Crippen LogP contribution in [0.2, 0.25) is 0 Å². The average Bonchev–Trinajstić information content (AvgIpc) is 2.04.